The van der Waals surface area contributed by atoms with Crippen LogP contribution in [0.3, 0.4) is 0 Å². The number of aromatic nitrogens is 1. The van der Waals surface area contributed by atoms with Crippen molar-refractivity contribution in [1.29, 1.82) is 0 Å². The molecule has 3 aliphatic rings. The van der Waals surface area contributed by atoms with Crippen molar-refractivity contribution in [2.75, 3.05) is 5.32 Å². The highest BCUT2D eigenvalue weighted by atomic mass is 32.1. The number of anilines is 1. The van der Waals surface area contributed by atoms with Crippen LogP contribution in [0.25, 0.3) is 0 Å². The van der Waals surface area contributed by atoms with Gasteiger partial charge in [0.15, 0.2) is 5.13 Å². The highest BCUT2D eigenvalue weighted by Gasteiger charge is 2.48. The fourth-order valence-electron chi connectivity index (χ4n) is 3.47. The fourth-order valence-corrected chi connectivity index (χ4v) is 4.26. The van der Waals surface area contributed by atoms with Gasteiger partial charge in [0.05, 0.1) is 5.69 Å². The molecule has 1 aromatic heterocycles. The maximum atomic E-state index is 12.3. The van der Waals surface area contributed by atoms with E-state index in [9.17, 15) is 9.59 Å². The number of Topliss-reactive ketones (excluding diaryl/α,β-unsaturated/α-hetero) is 1. The number of thiazole rings is 1. The molecule has 4 rings (SSSR count). The van der Waals surface area contributed by atoms with Crippen LogP contribution in [0.15, 0.2) is 5.38 Å². The summed E-state index contributed by atoms with van der Waals surface area (Å²) in [6.45, 7) is 0. The molecule has 0 aliphatic heterocycles. The minimum absolute atomic E-state index is 0.0241. The van der Waals surface area contributed by atoms with Gasteiger partial charge in [-0.15, -0.1) is 11.3 Å². The standard InChI is InChI=1S/C14H16N2O2S/c17-12-5-8-3-9(12)4-10(8)13(18)16-14-15-11(6-19-14)7-1-2-7/h6-10H,1-5H2,(H,15,16,18)/t8-,9-,10-/m1/s1. The van der Waals surface area contributed by atoms with E-state index in [4.69, 9.17) is 0 Å². The van der Waals surface area contributed by atoms with Gasteiger partial charge in [-0.3, -0.25) is 9.59 Å². The molecule has 0 unspecified atom stereocenters. The van der Waals surface area contributed by atoms with Crippen LogP contribution >= 0.6 is 11.3 Å². The number of hydrogen-bond acceptors (Lipinski definition) is 4. The number of carbonyl (C=O) groups excluding carboxylic acids is 2. The normalized spacial score (nSPS) is 32.8. The van der Waals surface area contributed by atoms with Crippen molar-refractivity contribution < 1.29 is 9.59 Å². The average Bonchev–Trinajstić information content (AvgIpc) is 2.83. The lowest BCUT2D eigenvalue weighted by Crippen LogP contribution is -2.29. The number of ketones is 1. The lowest BCUT2D eigenvalue weighted by molar-refractivity contribution is -0.125. The predicted octanol–water partition coefficient (Wildman–Crippen LogP) is 2.57. The number of hydrogen-bond donors (Lipinski definition) is 1. The molecule has 19 heavy (non-hydrogen) atoms. The molecule has 0 saturated heterocycles. The third kappa shape index (κ3) is 2.00. The van der Waals surface area contributed by atoms with Crippen LogP contribution in [-0.2, 0) is 9.59 Å². The summed E-state index contributed by atoms with van der Waals surface area (Å²) in [6, 6.07) is 0. The van der Waals surface area contributed by atoms with Gasteiger partial charge < -0.3 is 5.32 Å². The molecule has 5 heteroatoms. The number of carbonyl (C=O) groups is 2. The molecule has 0 radical (unpaired) electrons. The van der Waals surface area contributed by atoms with Crippen LogP contribution in [-0.4, -0.2) is 16.7 Å². The summed E-state index contributed by atoms with van der Waals surface area (Å²) in [5.41, 5.74) is 1.13. The van der Waals surface area contributed by atoms with Crippen LogP contribution in [0.2, 0.25) is 0 Å². The quantitative estimate of drug-likeness (QED) is 0.923. The number of amides is 1. The third-order valence-electron chi connectivity index (χ3n) is 4.70. The number of nitrogens with zero attached hydrogens (tertiary/aromatic N) is 1. The highest BCUT2D eigenvalue weighted by molar-refractivity contribution is 7.13. The maximum absolute atomic E-state index is 12.3. The molecule has 3 fully saturated rings. The van der Waals surface area contributed by atoms with Crippen LogP contribution in [0, 0.1) is 17.8 Å². The first kappa shape index (κ1) is 11.6. The molecular weight excluding hydrogens is 260 g/mol. The monoisotopic (exact) mass is 276 g/mol. The SMILES string of the molecule is O=C1C[C@H]2C[C@@H]1C[C@H]2C(=O)Nc1nc(C2CC2)cs1. The summed E-state index contributed by atoms with van der Waals surface area (Å²) in [7, 11) is 0. The van der Waals surface area contributed by atoms with Crippen molar-refractivity contribution in [3.05, 3.63) is 11.1 Å². The molecule has 1 amide bonds. The summed E-state index contributed by atoms with van der Waals surface area (Å²) in [5.74, 6) is 1.51. The average molecular weight is 276 g/mol. The number of rotatable bonds is 3. The minimum atomic E-state index is 0.0241. The predicted molar refractivity (Wildman–Crippen MR) is 72.0 cm³/mol. The minimum Gasteiger partial charge on any atom is -0.302 e. The molecule has 3 saturated carbocycles. The van der Waals surface area contributed by atoms with Gasteiger partial charge in [-0.2, -0.15) is 0 Å². The second kappa shape index (κ2) is 4.13. The largest absolute Gasteiger partial charge is 0.302 e. The Bertz CT molecular complexity index is 549. The van der Waals surface area contributed by atoms with Crippen molar-refractivity contribution in [1.82, 2.24) is 4.98 Å². The summed E-state index contributed by atoms with van der Waals surface area (Å²) in [4.78, 5) is 28.2. The van der Waals surface area contributed by atoms with E-state index in [1.807, 2.05) is 0 Å². The zero-order valence-corrected chi connectivity index (χ0v) is 11.4. The van der Waals surface area contributed by atoms with Crippen LogP contribution in [0.1, 0.15) is 43.7 Å². The zero-order valence-electron chi connectivity index (χ0n) is 10.6. The van der Waals surface area contributed by atoms with Crippen molar-refractivity contribution in [2.24, 2.45) is 17.8 Å². The van der Waals surface area contributed by atoms with Gasteiger partial charge in [0.1, 0.15) is 5.78 Å². The van der Waals surface area contributed by atoms with E-state index in [0.717, 1.165) is 23.7 Å². The molecule has 0 spiro atoms. The Hall–Kier alpha value is -1.23. The molecule has 4 nitrogen and oxygen atoms in total. The van der Waals surface area contributed by atoms with Gasteiger partial charge >= 0.3 is 0 Å². The lowest BCUT2D eigenvalue weighted by Gasteiger charge is -2.19. The van der Waals surface area contributed by atoms with Crippen LogP contribution < -0.4 is 5.32 Å². The van der Waals surface area contributed by atoms with E-state index in [1.54, 1.807) is 0 Å². The van der Waals surface area contributed by atoms with E-state index in [0.29, 0.717) is 18.1 Å². The van der Waals surface area contributed by atoms with Gasteiger partial charge in [0.2, 0.25) is 5.91 Å². The Morgan fingerprint density at radius 3 is 2.79 bits per heavy atom. The first-order chi connectivity index (χ1) is 9.20. The van der Waals surface area contributed by atoms with Crippen molar-refractivity contribution in [3.63, 3.8) is 0 Å². The Balaban J connectivity index is 1.42. The van der Waals surface area contributed by atoms with E-state index in [-0.39, 0.29) is 23.7 Å². The van der Waals surface area contributed by atoms with Crippen LogP contribution in [0.5, 0.6) is 0 Å². The third-order valence-corrected chi connectivity index (χ3v) is 5.47. The van der Waals surface area contributed by atoms with Crippen molar-refractivity contribution in [3.8, 4) is 0 Å². The van der Waals surface area contributed by atoms with Crippen molar-refractivity contribution >= 4 is 28.2 Å². The molecule has 100 valence electrons. The Morgan fingerprint density at radius 2 is 2.16 bits per heavy atom. The first-order valence-corrected chi connectivity index (χ1v) is 7.87. The Kier molecular flexibility index (Phi) is 2.52. The summed E-state index contributed by atoms with van der Waals surface area (Å²) in [5, 5.41) is 5.72. The van der Waals surface area contributed by atoms with Gasteiger partial charge in [0, 0.05) is 29.6 Å². The van der Waals surface area contributed by atoms with E-state index in [1.165, 1.54) is 24.2 Å². The van der Waals surface area contributed by atoms with Crippen molar-refractivity contribution in [2.45, 2.75) is 38.0 Å². The second-order valence-corrected chi connectivity index (χ2v) is 6.90. The smallest absolute Gasteiger partial charge is 0.229 e. The van der Waals surface area contributed by atoms with E-state index < -0.39 is 0 Å². The fraction of sp³-hybridized carbons (Fsp3) is 0.643. The number of nitrogens with one attached hydrogen (secondary N) is 1. The Labute approximate surface area is 115 Å². The van der Waals surface area contributed by atoms with Crippen LogP contribution in [0.4, 0.5) is 5.13 Å². The maximum Gasteiger partial charge on any atom is 0.229 e. The highest BCUT2D eigenvalue weighted by Crippen LogP contribution is 2.47. The van der Waals surface area contributed by atoms with E-state index in [2.05, 4.69) is 15.7 Å². The molecule has 1 heterocycles. The van der Waals surface area contributed by atoms with E-state index >= 15 is 0 Å². The topological polar surface area (TPSA) is 59.1 Å². The Morgan fingerprint density at radius 1 is 1.32 bits per heavy atom. The molecule has 1 aromatic rings. The molecule has 3 atom stereocenters. The molecule has 1 N–H and O–H groups in total. The first-order valence-electron chi connectivity index (χ1n) is 6.99. The summed E-state index contributed by atoms with van der Waals surface area (Å²) >= 11 is 1.52. The zero-order chi connectivity index (χ0) is 13.0. The molecule has 3 aliphatic carbocycles. The van der Waals surface area contributed by atoms with Gasteiger partial charge in [-0.05, 0) is 31.6 Å². The molecule has 2 bridgehead atoms. The second-order valence-electron chi connectivity index (χ2n) is 6.05. The molecule has 0 aromatic carbocycles. The lowest BCUT2D eigenvalue weighted by atomic mass is 9.87. The van der Waals surface area contributed by atoms with Gasteiger partial charge in [0.25, 0.3) is 0 Å². The van der Waals surface area contributed by atoms with Gasteiger partial charge in [-0.25, -0.2) is 4.98 Å². The molecular formula is C14H16N2O2S. The summed E-state index contributed by atoms with van der Waals surface area (Å²) < 4.78 is 0. The number of fused-ring (bicyclic) bond motifs is 2. The van der Waals surface area contributed by atoms with Gasteiger partial charge in [-0.1, -0.05) is 0 Å². The summed E-state index contributed by atoms with van der Waals surface area (Å²) in [6.07, 6.45) is 4.73.